The van der Waals surface area contributed by atoms with Gasteiger partial charge in [0.25, 0.3) is 0 Å². The second-order valence-electron chi connectivity index (χ2n) is 8.09. The Bertz CT molecular complexity index is 993. The van der Waals surface area contributed by atoms with E-state index in [1.165, 1.54) is 19.2 Å². The predicted molar refractivity (Wildman–Crippen MR) is 132 cm³/mol. The fourth-order valence-electron chi connectivity index (χ4n) is 3.49. The number of unbranched alkanes of at least 4 members (excludes halogenated alkanes) is 2. The van der Waals surface area contributed by atoms with Gasteiger partial charge < -0.3 is 19.0 Å². The van der Waals surface area contributed by atoms with Gasteiger partial charge in [-0.15, -0.1) is 0 Å². The maximum Gasteiger partial charge on any atom is 0.419 e. The number of nitrogens with zero attached hydrogens (tertiary/aromatic N) is 1. The fraction of sp³-hybridized carbons (Fsp3) is 0.444. The van der Waals surface area contributed by atoms with Gasteiger partial charge in [-0.1, -0.05) is 17.3 Å². The summed E-state index contributed by atoms with van der Waals surface area (Å²) in [6, 6.07) is 7.80. The van der Waals surface area contributed by atoms with Crippen molar-refractivity contribution in [3.8, 4) is 17.2 Å². The molecule has 0 saturated heterocycles. The van der Waals surface area contributed by atoms with Crippen molar-refractivity contribution in [1.82, 2.24) is 0 Å². The van der Waals surface area contributed by atoms with Crippen LogP contribution in [0.1, 0.15) is 55.4 Å². The molecule has 0 N–H and O–H groups in total. The number of ether oxygens (including phenoxy) is 3. The van der Waals surface area contributed by atoms with E-state index in [2.05, 4.69) is 9.99 Å². The molecule has 0 heterocycles. The third-order valence-corrected chi connectivity index (χ3v) is 5.24. The fourth-order valence-corrected chi connectivity index (χ4v) is 3.49. The van der Waals surface area contributed by atoms with Crippen molar-refractivity contribution in [3.05, 3.63) is 64.7 Å². The number of allylic oxidation sites excluding steroid dienone is 1. The van der Waals surface area contributed by atoms with Gasteiger partial charge in [0.15, 0.2) is 0 Å². The molecule has 0 atom stereocenters. The second-order valence-corrected chi connectivity index (χ2v) is 8.09. The Balaban J connectivity index is 1.82. The molecule has 2 aromatic rings. The molecule has 0 aliphatic carbocycles. The van der Waals surface area contributed by atoms with Crippen LogP contribution in [0.3, 0.4) is 0 Å². The molecule has 0 aliphatic rings. The van der Waals surface area contributed by atoms with Crippen LogP contribution in [0.2, 0.25) is 0 Å². The van der Waals surface area contributed by atoms with E-state index in [1.807, 2.05) is 45.1 Å². The van der Waals surface area contributed by atoms with Crippen LogP contribution in [0.15, 0.2) is 47.6 Å². The Kier molecular flexibility index (Phi) is 11.0. The highest BCUT2D eigenvalue weighted by Gasteiger charge is 2.35. The molecule has 0 fully saturated rings. The standard InChI is InChI=1S/C27H34F3NO4/c1-6-7-13-33-23-16-19(2)26(20(3)17-23)35-15-10-8-9-14-34-25-12-11-22(21(4)31-32-5)18-24(25)27(28,29)30/h6-7,11-12,16-18H,8-10,13-15H2,1-5H3/b7-6+,31-21?. The van der Waals surface area contributed by atoms with Crippen LogP contribution in [-0.4, -0.2) is 32.6 Å². The van der Waals surface area contributed by atoms with Gasteiger partial charge in [0.1, 0.15) is 31.0 Å². The summed E-state index contributed by atoms with van der Waals surface area (Å²) < 4.78 is 57.6. The molecule has 192 valence electrons. The van der Waals surface area contributed by atoms with Crippen molar-refractivity contribution in [2.24, 2.45) is 5.16 Å². The molecule has 2 rings (SSSR count). The first-order valence-electron chi connectivity index (χ1n) is 11.6. The van der Waals surface area contributed by atoms with E-state index in [0.717, 1.165) is 41.5 Å². The van der Waals surface area contributed by atoms with Crippen molar-refractivity contribution in [1.29, 1.82) is 0 Å². The van der Waals surface area contributed by atoms with Crippen molar-refractivity contribution in [2.75, 3.05) is 26.9 Å². The van der Waals surface area contributed by atoms with Gasteiger partial charge >= 0.3 is 6.18 Å². The lowest BCUT2D eigenvalue weighted by Crippen LogP contribution is -2.11. The van der Waals surface area contributed by atoms with E-state index in [1.54, 1.807) is 6.92 Å². The zero-order valence-corrected chi connectivity index (χ0v) is 21.0. The van der Waals surface area contributed by atoms with E-state index in [9.17, 15) is 13.2 Å². The highest BCUT2D eigenvalue weighted by atomic mass is 19.4. The van der Waals surface area contributed by atoms with E-state index in [-0.39, 0.29) is 12.4 Å². The molecule has 0 radical (unpaired) electrons. The number of benzene rings is 2. The molecule has 0 saturated carbocycles. The summed E-state index contributed by atoms with van der Waals surface area (Å²) in [5.74, 6) is 1.45. The molecule has 0 amide bonds. The Hall–Kier alpha value is -3.16. The normalized spacial score (nSPS) is 12.2. The maximum atomic E-state index is 13.5. The van der Waals surface area contributed by atoms with Gasteiger partial charge in [-0.2, -0.15) is 13.2 Å². The zero-order chi connectivity index (χ0) is 25.8. The van der Waals surface area contributed by atoms with E-state index in [4.69, 9.17) is 14.2 Å². The third kappa shape index (κ3) is 8.85. The Morgan fingerprint density at radius 2 is 1.60 bits per heavy atom. The molecule has 5 nitrogen and oxygen atoms in total. The van der Waals surface area contributed by atoms with Crippen LogP contribution in [0, 0.1) is 13.8 Å². The number of halogens is 3. The van der Waals surface area contributed by atoms with Gasteiger partial charge in [0.2, 0.25) is 0 Å². The quantitative estimate of drug-likeness (QED) is 0.127. The summed E-state index contributed by atoms with van der Waals surface area (Å²) in [5, 5.41) is 3.69. The lowest BCUT2D eigenvalue weighted by atomic mass is 10.1. The summed E-state index contributed by atoms with van der Waals surface area (Å²) in [5.41, 5.74) is 1.85. The molecule has 0 bridgehead atoms. The highest BCUT2D eigenvalue weighted by Crippen LogP contribution is 2.37. The first-order chi connectivity index (χ1) is 16.7. The SMILES string of the molecule is C/C=C/COc1cc(C)c(OCCCCCOc2ccc(C(C)=NOC)cc2C(F)(F)F)c(C)c1. The van der Waals surface area contributed by atoms with E-state index in [0.29, 0.717) is 30.9 Å². The molecular weight excluding hydrogens is 459 g/mol. The summed E-state index contributed by atoms with van der Waals surface area (Å²) in [7, 11) is 1.34. The zero-order valence-electron chi connectivity index (χ0n) is 21.0. The summed E-state index contributed by atoms with van der Waals surface area (Å²) in [6.07, 6.45) is 1.49. The molecule has 0 unspecified atom stereocenters. The number of hydrogen-bond acceptors (Lipinski definition) is 5. The number of hydrogen-bond donors (Lipinski definition) is 0. The average molecular weight is 494 g/mol. The molecule has 8 heteroatoms. The van der Waals surface area contributed by atoms with Crippen molar-refractivity contribution < 1.29 is 32.2 Å². The van der Waals surface area contributed by atoms with Gasteiger partial charge in [0.05, 0.1) is 24.5 Å². The largest absolute Gasteiger partial charge is 0.493 e. The Morgan fingerprint density at radius 1 is 0.943 bits per heavy atom. The van der Waals surface area contributed by atoms with E-state index >= 15 is 0 Å². The van der Waals surface area contributed by atoms with Crippen molar-refractivity contribution in [3.63, 3.8) is 0 Å². The van der Waals surface area contributed by atoms with Crippen LogP contribution in [0.5, 0.6) is 17.2 Å². The van der Waals surface area contributed by atoms with Gasteiger partial charge in [-0.25, -0.2) is 0 Å². The number of rotatable bonds is 13. The van der Waals surface area contributed by atoms with Gasteiger partial charge in [-0.3, -0.25) is 0 Å². The smallest absolute Gasteiger partial charge is 0.419 e. The Morgan fingerprint density at radius 3 is 2.20 bits per heavy atom. The minimum Gasteiger partial charge on any atom is -0.493 e. The second kappa shape index (κ2) is 13.7. The summed E-state index contributed by atoms with van der Waals surface area (Å²) in [4.78, 5) is 4.65. The molecular formula is C27H34F3NO4. The first kappa shape index (κ1) is 28.1. The van der Waals surface area contributed by atoms with Crippen LogP contribution in [0.4, 0.5) is 13.2 Å². The molecule has 0 aliphatic heterocycles. The summed E-state index contributed by atoms with van der Waals surface area (Å²) in [6.45, 7) is 8.70. The number of oxime groups is 1. The predicted octanol–water partition coefficient (Wildman–Crippen LogP) is 7.28. The van der Waals surface area contributed by atoms with Gasteiger partial charge in [-0.05, 0) is 94.0 Å². The van der Waals surface area contributed by atoms with Crippen LogP contribution in [0.25, 0.3) is 0 Å². The highest BCUT2D eigenvalue weighted by molar-refractivity contribution is 5.98. The minimum absolute atomic E-state index is 0.184. The molecule has 35 heavy (non-hydrogen) atoms. The number of aryl methyl sites for hydroxylation is 2. The Labute approximate surface area is 205 Å². The topological polar surface area (TPSA) is 49.3 Å². The van der Waals surface area contributed by atoms with Crippen LogP contribution >= 0.6 is 0 Å². The van der Waals surface area contributed by atoms with Crippen molar-refractivity contribution >= 4 is 5.71 Å². The van der Waals surface area contributed by atoms with Crippen molar-refractivity contribution in [2.45, 2.75) is 53.1 Å². The van der Waals surface area contributed by atoms with Gasteiger partial charge in [0, 0.05) is 0 Å². The lowest BCUT2D eigenvalue weighted by Gasteiger charge is -2.16. The van der Waals surface area contributed by atoms with Crippen LogP contribution < -0.4 is 14.2 Å². The summed E-state index contributed by atoms with van der Waals surface area (Å²) >= 11 is 0. The van der Waals surface area contributed by atoms with Crippen LogP contribution in [-0.2, 0) is 11.0 Å². The number of alkyl halides is 3. The average Bonchev–Trinajstić information content (AvgIpc) is 2.79. The van der Waals surface area contributed by atoms with E-state index < -0.39 is 11.7 Å². The third-order valence-electron chi connectivity index (χ3n) is 5.24. The minimum atomic E-state index is -4.53. The lowest BCUT2D eigenvalue weighted by molar-refractivity contribution is -0.139. The molecule has 0 aromatic heterocycles. The maximum absolute atomic E-state index is 13.5. The first-order valence-corrected chi connectivity index (χ1v) is 11.6. The monoisotopic (exact) mass is 493 g/mol. The molecule has 0 spiro atoms. The molecule has 2 aromatic carbocycles.